The topological polar surface area (TPSA) is 43.1 Å². The van der Waals surface area contributed by atoms with Crippen LogP contribution in [0.25, 0.3) is 0 Å². The SMILES string of the molecule is CCC(Sc1ccccc1C)C(N)=O. The third kappa shape index (κ3) is 2.77. The lowest BCUT2D eigenvalue weighted by atomic mass is 10.2. The van der Waals surface area contributed by atoms with Crippen molar-refractivity contribution >= 4 is 17.7 Å². The van der Waals surface area contributed by atoms with Crippen molar-refractivity contribution in [3.8, 4) is 0 Å². The van der Waals surface area contributed by atoms with E-state index in [1.807, 2.05) is 38.1 Å². The van der Waals surface area contributed by atoms with E-state index in [2.05, 4.69) is 0 Å². The van der Waals surface area contributed by atoms with Crippen LogP contribution in [0.15, 0.2) is 29.2 Å². The summed E-state index contributed by atoms with van der Waals surface area (Å²) in [5.41, 5.74) is 6.48. The van der Waals surface area contributed by atoms with Gasteiger partial charge in [-0.1, -0.05) is 25.1 Å². The molecule has 2 N–H and O–H groups in total. The number of primary amides is 1. The van der Waals surface area contributed by atoms with Crippen molar-refractivity contribution in [2.24, 2.45) is 5.73 Å². The van der Waals surface area contributed by atoms with Crippen LogP contribution in [0.1, 0.15) is 18.9 Å². The lowest BCUT2D eigenvalue weighted by Crippen LogP contribution is -2.24. The Kier molecular flexibility index (Phi) is 4.01. The van der Waals surface area contributed by atoms with Gasteiger partial charge in [-0.25, -0.2) is 0 Å². The minimum absolute atomic E-state index is 0.115. The molecule has 0 aliphatic rings. The van der Waals surface area contributed by atoms with Crippen LogP contribution in [-0.4, -0.2) is 11.2 Å². The van der Waals surface area contributed by atoms with E-state index in [4.69, 9.17) is 5.73 Å². The Morgan fingerprint density at radius 2 is 2.14 bits per heavy atom. The Labute approximate surface area is 88.9 Å². The van der Waals surface area contributed by atoms with Crippen molar-refractivity contribution in [1.82, 2.24) is 0 Å². The van der Waals surface area contributed by atoms with Crippen LogP contribution >= 0.6 is 11.8 Å². The standard InChI is InChI=1S/C11H15NOS/c1-3-9(11(12)13)14-10-7-5-4-6-8(10)2/h4-7,9H,3H2,1-2H3,(H2,12,13). The van der Waals surface area contributed by atoms with Crippen LogP contribution in [0.5, 0.6) is 0 Å². The molecule has 1 aromatic carbocycles. The number of benzene rings is 1. The molecule has 0 bridgehead atoms. The second-order valence-electron chi connectivity index (χ2n) is 3.18. The van der Waals surface area contributed by atoms with Crippen molar-refractivity contribution in [1.29, 1.82) is 0 Å². The zero-order valence-electron chi connectivity index (χ0n) is 8.49. The molecule has 0 heterocycles. The highest BCUT2D eigenvalue weighted by Gasteiger charge is 2.14. The highest BCUT2D eigenvalue weighted by molar-refractivity contribution is 8.00. The van der Waals surface area contributed by atoms with Crippen molar-refractivity contribution in [3.05, 3.63) is 29.8 Å². The van der Waals surface area contributed by atoms with Crippen LogP contribution in [0.2, 0.25) is 0 Å². The number of carbonyl (C=O) groups excluding carboxylic acids is 1. The van der Waals surface area contributed by atoms with Gasteiger partial charge in [-0.05, 0) is 25.0 Å². The summed E-state index contributed by atoms with van der Waals surface area (Å²) < 4.78 is 0. The van der Waals surface area contributed by atoms with E-state index in [0.29, 0.717) is 0 Å². The number of carbonyl (C=O) groups is 1. The molecule has 0 saturated carbocycles. The van der Waals surface area contributed by atoms with Gasteiger partial charge in [0.05, 0.1) is 5.25 Å². The van der Waals surface area contributed by atoms with E-state index in [9.17, 15) is 4.79 Å². The molecule has 1 aromatic rings. The number of rotatable bonds is 4. The van der Waals surface area contributed by atoms with E-state index < -0.39 is 0 Å². The number of amides is 1. The summed E-state index contributed by atoms with van der Waals surface area (Å²) >= 11 is 1.55. The molecule has 0 saturated heterocycles. The largest absolute Gasteiger partial charge is 0.369 e. The van der Waals surface area contributed by atoms with Crippen molar-refractivity contribution in [3.63, 3.8) is 0 Å². The first-order valence-corrected chi connectivity index (χ1v) is 5.54. The molecule has 14 heavy (non-hydrogen) atoms. The quantitative estimate of drug-likeness (QED) is 0.773. The monoisotopic (exact) mass is 209 g/mol. The highest BCUT2D eigenvalue weighted by Crippen LogP contribution is 2.27. The third-order valence-corrected chi connectivity index (χ3v) is 3.61. The average molecular weight is 209 g/mol. The molecule has 3 heteroatoms. The van der Waals surface area contributed by atoms with Gasteiger partial charge in [0.25, 0.3) is 0 Å². The number of hydrogen-bond acceptors (Lipinski definition) is 2. The Morgan fingerprint density at radius 1 is 1.50 bits per heavy atom. The van der Waals surface area contributed by atoms with Crippen LogP contribution in [0, 0.1) is 6.92 Å². The molecule has 1 atom stereocenters. The van der Waals surface area contributed by atoms with Gasteiger partial charge in [-0.15, -0.1) is 11.8 Å². The molecule has 1 amide bonds. The van der Waals surface area contributed by atoms with Gasteiger partial charge >= 0.3 is 0 Å². The normalized spacial score (nSPS) is 12.4. The molecule has 0 fully saturated rings. The van der Waals surface area contributed by atoms with Crippen LogP contribution in [-0.2, 0) is 4.79 Å². The average Bonchev–Trinajstić information content (AvgIpc) is 2.16. The van der Waals surface area contributed by atoms with E-state index >= 15 is 0 Å². The van der Waals surface area contributed by atoms with Crippen LogP contribution < -0.4 is 5.73 Å². The summed E-state index contributed by atoms with van der Waals surface area (Å²) in [6.07, 6.45) is 0.772. The fraction of sp³-hybridized carbons (Fsp3) is 0.364. The van der Waals surface area contributed by atoms with Gasteiger partial charge in [-0.2, -0.15) is 0 Å². The predicted molar refractivity (Wildman–Crippen MR) is 60.3 cm³/mol. The molecule has 0 aliphatic heterocycles. The van der Waals surface area contributed by atoms with Gasteiger partial charge in [-0.3, -0.25) is 4.79 Å². The van der Waals surface area contributed by atoms with Crippen molar-refractivity contribution in [2.75, 3.05) is 0 Å². The minimum atomic E-state index is -0.235. The Hall–Kier alpha value is -0.960. The summed E-state index contributed by atoms with van der Waals surface area (Å²) in [5.74, 6) is -0.235. The number of thioether (sulfide) groups is 1. The summed E-state index contributed by atoms with van der Waals surface area (Å²) in [6.45, 7) is 4.01. The van der Waals surface area contributed by atoms with Crippen molar-refractivity contribution in [2.45, 2.75) is 30.4 Å². The molecular formula is C11H15NOS. The molecule has 1 unspecified atom stereocenters. The van der Waals surface area contributed by atoms with Gasteiger partial charge in [0.1, 0.15) is 0 Å². The lowest BCUT2D eigenvalue weighted by Gasteiger charge is -2.11. The first kappa shape index (κ1) is 11.1. The van der Waals surface area contributed by atoms with E-state index in [1.54, 1.807) is 11.8 Å². The third-order valence-electron chi connectivity index (χ3n) is 2.05. The second kappa shape index (κ2) is 5.05. The maximum Gasteiger partial charge on any atom is 0.230 e. The van der Waals surface area contributed by atoms with Crippen LogP contribution in [0.3, 0.4) is 0 Å². The van der Waals surface area contributed by atoms with E-state index in [1.165, 1.54) is 5.56 Å². The lowest BCUT2D eigenvalue weighted by molar-refractivity contribution is -0.117. The summed E-state index contributed by atoms with van der Waals surface area (Å²) in [7, 11) is 0. The fourth-order valence-corrected chi connectivity index (χ4v) is 2.18. The second-order valence-corrected chi connectivity index (χ2v) is 4.43. The van der Waals surface area contributed by atoms with E-state index in [0.717, 1.165) is 11.3 Å². The molecule has 0 spiro atoms. The van der Waals surface area contributed by atoms with Gasteiger partial charge in [0.2, 0.25) is 5.91 Å². The maximum absolute atomic E-state index is 11.0. The van der Waals surface area contributed by atoms with E-state index in [-0.39, 0.29) is 11.2 Å². The van der Waals surface area contributed by atoms with Gasteiger partial charge < -0.3 is 5.73 Å². The molecule has 1 rings (SSSR count). The van der Waals surface area contributed by atoms with Crippen molar-refractivity contribution < 1.29 is 4.79 Å². The Morgan fingerprint density at radius 3 is 2.64 bits per heavy atom. The first-order valence-electron chi connectivity index (χ1n) is 4.66. The molecular weight excluding hydrogens is 194 g/mol. The predicted octanol–water partition coefficient (Wildman–Crippen LogP) is 2.35. The zero-order valence-corrected chi connectivity index (χ0v) is 9.30. The smallest absolute Gasteiger partial charge is 0.230 e. The number of nitrogens with two attached hydrogens (primary N) is 1. The Balaban J connectivity index is 2.77. The molecule has 76 valence electrons. The minimum Gasteiger partial charge on any atom is -0.369 e. The molecule has 0 aromatic heterocycles. The molecule has 2 nitrogen and oxygen atoms in total. The molecule has 0 radical (unpaired) electrons. The van der Waals surface area contributed by atoms with Crippen LogP contribution in [0.4, 0.5) is 0 Å². The fourth-order valence-electron chi connectivity index (χ4n) is 1.18. The number of aryl methyl sites for hydroxylation is 1. The highest BCUT2D eigenvalue weighted by atomic mass is 32.2. The molecule has 0 aliphatic carbocycles. The summed E-state index contributed by atoms with van der Waals surface area (Å²) in [6, 6.07) is 8.02. The first-order chi connectivity index (χ1) is 6.65. The Bertz CT molecular complexity index is 325. The zero-order chi connectivity index (χ0) is 10.6. The van der Waals surface area contributed by atoms with Gasteiger partial charge in [0, 0.05) is 4.90 Å². The maximum atomic E-state index is 11.0. The van der Waals surface area contributed by atoms with Gasteiger partial charge in [0.15, 0.2) is 0 Å². The summed E-state index contributed by atoms with van der Waals surface area (Å²) in [5, 5.41) is -0.115. The number of hydrogen-bond donors (Lipinski definition) is 1. The summed E-state index contributed by atoms with van der Waals surface area (Å²) in [4.78, 5) is 12.2.